The van der Waals surface area contributed by atoms with E-state index in [2.05, 4.69) is 15.3 Å². The molecule has 5 N–H and O–H groups in total. The van der Waals surface area contributed by atoms with E-state index in [0.717, 1.165) is 23.0 Å². The molecule has 6 nitrogen and oxygen atoms in total. The number of H-pyrrole nitrogens is 2. The van der Waals surface area contributed by atoms with Crippen molar-refractivity contribution in [2.45, 2.75) is 26.3 Å². The predicted octanol–water partition coefficient (Wildman–Crippen LogP) is 1.02. The summed E-state index contributed by atoms with van der Waals surface area (Å²) in [4.78, 5) is 28.6. The zero-order valence-corrected chi connectivity index (χ0v) is 11.7. The normalized spacial score (nSPS) is 14.2. The molecule has 0 radical (unpaired) electrons. The summed E-state index contributed by atoms with van der Waals surface area (Å²) in [6.07, 6.45) is 0.721. The number of benzene rings is 1. The highest BCUT2D eigenvalue weighted by Crippen LogP contribution is 2.17. The molecule has 20 heavy (non-hydrogen) atoms. The van der Waals surface area contributed by atoms with Gasteiger partial charge in [0.25, 0.3) is 0 Å². The quantitative estimate of drug-likeness (QED) is 0.655. The molecule has 2 aromatic rings. The van der Waals surface area contributed by atoms with Crippen LogP contribution in [0.25, 0.3) is 11.0 Å². The lowest BCUT2D eigenvalue weighted by Gasteiger charge is -2.18. The topological polar surface area (TPSA) is 104 Å². The minimum atomic E-state index is -0.233. The summed E-state index contributed by atoms with van der Waals surface area (Å²) in [5.41, 5.74) is 7.77. The minimum Gasteiger partial charge on any atom is -0.349 e. The van der Waals surface area contributed by atoms with Crippen molar-refractivity contribution < 1.29 is 4.79 Å². The largest absolute Gasteiger partial charge is 0.349 e. The Balaban J connectivity index is 2.16. The molecule has 1 heterocycles. The number of nitrogens with two attached hydrogens (primary N) is 1. The van der Waals surface area contributed by atoms with Crippen LogP contribution in [0.3, 0.4) is 0 Å². The lowest BCUT2D eigenvalue weighted by atomic mass is 10.0. The number of carbonyl (C=O) groups excluding carboxylic acids is 1. The molecule has 0 spiro atoms. The third-order valence-electron chi connectivity index (χ3n) is 3.55. The average molecular weight is 276 g/mol. The molecular formula is C14H20N4O2. The molecule has 108 valence electrons. The first kappa shape index (κ1) is 14.3. The predicted molar refractivity (Wildman–Crippen MR) is 78.3 cm³/mol. The van der Waals surface area contributed by atoms with Crippen LogP contribution < -0.4 is 16.7 Å². The fourth-order valence-corrected chi connectivity index (χ4v) is 2.19. The van der Waals surface area contributed by atoms with Gasteiger partial charge in [0, 0.05) is 12.5 Å². The van der Waals surface area contributed by atoms with E-state index in [1.165, 1.54) is 0 Å². The molecule has 0 fully saturated rings. The van der Waals surface area contributed by atoms with Crippen LogP contribution in [-0.4, -0.2) is 22.4 Å². The van der Waals surface area contributed by atoms with Crippen LogP contribution in [0.5, 0.6) is 0 Å². The molecule has 6 heteroatoms. The number of hydrogen-bond donors (Lipinski definition) is 4. The van der Waals surface area contributed by atoms with Crippen LogP contribution in [-0.2, 0) is 4.79 Å². The molecular weight excluding hydrogens is 256 g/mol. The van der Waals surface area contributed by atoms with Gasteiger partial charge in [0.15, 0.2) is 0 Å². The van der Waals surface area contributed by atoms with Crippen molar-refractivity contribution in [3.63, 3.8) is 0 Å². The second-order valence-corrected chi connectivity index (χ2v) is 4.96. The maximum Gasteiger partial charge on any atom is 0.323 e. The van der Waals surface area contributed by atoms with E-state index in [-0.39, 0.29) is 23.6 Å². The van der Waals surface area contributed by atoms with Gasteiger partial charge in [0.05, 0.1) is 17.1 Å². The molecule has 0 saturated carbocycles. The Kier molecular flexibility index (Phi) is 4.24. The summed E-state index contributed by atoms with van der Waals surface area (Å²) in [5, 5.41) is 2.95. The van der Waals surface area contributed by atoms with Crippen molar-refractivity contribution in [2.75, 3.05) is 6.54 Å². The van der Waals surface area contributed by atoms with Crippen LogP contribution in [0.1, 0.15) is 31.9 Å². The van der Waals surface area contributed by atoms with Crippen LogP contribution in [0, 0.1) is 5.92 Å². The Hall–Kier alpha value is -2.08. The number of aromatic nitrogens is 2. The third-order valence-corrected chi connectivity index (χ3v) is 3.55. The first-order valence-corrected chi connectivity index (χ1v) is 6.77. The number of rotatable bonds is 5. The molecule has 1 aromatic carbocycles. The molecule has 1 aromatic heterocycles. The van der Waals surface area contributed by atoms with E-state index < -0.39 is 0 Å². The summed E-state index contributed by atoms with van der Waals surface area (Å²) in [7, 11) is 0. The van der Waals surface area contributed by atoms with Gasteiger partial charge in [0.1, 0.15) is 0 Å². The minimum absolute atomic E-state index is 0.0369. The molecule has 2 unspecified atom stereocenters. The first-order valence-electron chi connectivity index (χ1n) is 6.77. The molecule has 1 amide bonds. The number of aromatic amines is 2. The summed E-state index contributed by atoms with van der Waals surface area (Å²) in [6, 6.07) is 5.44. The maximum absolute atomic E-state index is 12.0. The average Bonchev–Trinajstić information content (AvgIpc) is 2.78. The van der Waals surface area contributed by atoms with E-state index >= 15 is 0 Å². The van der Waals surface area contributed by atoms with E-state index in [1.54, 1.807) is 0 Å². The van der Waals surface area contributed by atoms with Gasteiger partial charge in [-0.2, -0.15) is 0 Å². The second kappa shape index (κ2) is 5.92. The Bertz CT molecular complexity index is 654. The zero-order chi connectivity index (χ0) is 14.7. The van der Waals surface area contributed by atoms with Crippen molar-refractivity contribution >= 4 is 16.9 Å². The fraction of sp³-hybridized carbons (Fsp3) is 0.429. The highest BCUT2D eigenvalue weighted by Gasteiger charge is 2.17. The van der Waals surface area contributed by atoms with Gasteiger partial charge in [-0.3, -0.25) is 4.79 Å². The lowest BCUT2D eigenvalue weighted by Crippen LogP contribution is -2.36. The van der Waals surface area contributed by atoms with E-state index in [4.69, 9.17) is 5.73 Å². The van der Waals surface area contributed by atoms with Gasteiger partial charge in [-0.25, -0.2) is 4.79 Å². The molecule has 0 aliphatic rings. The van der Waals surface area contributed by atoms with E-state index in [0.29, 0.717) is 6.54 Å². The Morgan fingerprint density at radius 1 is 1.35 bits per heavy atom. The summed E-state index contributed by atoms with van der Waals surface area (Å²) in [5.74, 6) is -0.196. The molecule has 0 aliphatic carbocycles. The SMILES string of the molecule is CCC(CN)C(=O)NC(C)c1ccc2[nH]c(=O)[nH]c2c1. The van der Waals surface area contributed by atoms with Crippen molar-refractivity contribution in [1.29, 1.82) is 0 Å². The Morgan fingerprint density at radius 2 is 2.05 bits per heavy atom. The van der Waals surface area contributed by atoms with Gasteiger partial charge in [-0.15, -0.1) is 0 Å². The zero-order valence-electron chi connectivity index (χ0n) is 11.7. The maximum atomic E-state index is 12.0. The van der Waals surface area contributed by atoms with Crippen molar-refractivity contribution in [3.8, 4) is 0 Å². The summed E-state index contributed by atoms with van der Waals surface area (Å²) in [6.45, 7) is 4.20. The fourth-order valence-electron chi connectivity index (χ4n) is 2.19. The Morgan fingerprint density at radius 3 is 2.70 bits per heavy atom. The van der Waals surface area contributed by atoms with Gasteiger partial charge in [-0.1, -0.05) is 13.0 Å². The van der Waals surface area contributed by atoms with Gasteiger partial charge in [-0.05, 0) is 31.0 Å². The van der Waals surface area contributed by atoms with Crippen LogP contribution in [0.4, 0.5) is 0 Å². The van der Waals surface area contributed by atoms with Crippen molar-refractivity contribution in [1.82, 2.24) is 15.3 Å². The third kappa shape index (κ3) is 2.91. The second-order valence-electron chi connectivity index (χ2n) is 4.96. The molecule has 0 bridgehead atoms. The van der Waals surface area contributed by atoms with Crippen LogP contribution in [0.15, 0.2) is 23.0 Å². The lowest BCUT2D eigenvalue weighted by molar-refractivity contribution is -0.125. The summed E-state index contributed by atoms with van der Waals surface area (Å²) >= 11 is 0. The highest BCUT2D eigenvalue weighted by molar-refractivity contribution is 5.80. The number of fused-ring (bicyclic) bond motifs is 1. The molecule has 2 atom stereocenters. The standard InChI is InChI=1S/C14H20N4O2/c1-3-9(7-15)13(19)16-8(2)10-4-5-11-12(6-10)18-14(20)17-11/h4-6,8-9H,3,7,15H2,1-2H3,(H,16,19)(H2,17,18,20). The monoisotopic (exact) mass is 276 g/mol. The van der Waals surface area contributed by atoms with Crippen LogP contribution >= 0.6 is 0 Å². The molecule has 2 rings (SSSR count). The van der Waals surface area contributed by atoms with E-state index in [9.17, 15) is 9.59 Å². The molecule has 0 aliphatic heterocycles. The number of hydrogen-bond acceptors (Lipinski definition) is 3. The van der Waals surface area contributed by atoms with Gasteiger partial charge < -0.3 is 21.0 Å². The number of carbonyl (C=O) groups is 1. The van der Waals surface area contributed by atoms with Gasteiger partial charge in [0.2, 0.25) is 5.91 Å². The first-order chi connectivity index (χ1) is 9.55. The number of amides is 1. The van der Waals surface area contributed by atoms with Crippen molar-refractivity contribution in [3.05, 3.63) is 34.2 Å². The van der Waals surface area contributed by atoms with E-state index in [1.807, 2.05) is 32.0 Å². The number of imidazole rings is 1. The molecule has 0 saturated heterocycles. The van der Waals surface area contributed by atoms with Gasteiger partial charge >= 0.3 is 5.69 Å². The highest BCUT2D eigenvalue weighted by atomic mass is 16.2. The smallest absolute Gasteiger partial charge is 0.323 e. The van der Waals surface area contributed by atoms with Crippen LogP contribution in [0.2, 0.25) is 0 Å². The Labute approximate surface area is 116 Å². The number of nitrogens with one attached hydrogen (secondary N) is 3. The van der Waals surface area contributed by atoms with Crippen molar-refractivity contribution in [2.24, 2.45) is 11.7 Å². The summed E-state index contributed by atoms with van der Waals surface area (Å²) < 4.78 is 0.